The zero-order valence-electron chi connectivity index (χ0n) is 23.3. The molecule has 4 aliphatic heterocycles. The lowest BCUT2D eigenvalue weighted by Crippen LogP contribution is -2.25. The minimum absolute atomic E-state index is 0.0959. The van der Waals surface area contributed by atoms with Crippen LogP contribution < -0.4 is 10.2 Å². The zero-order chi connectivity index (χ0) is 31.8. The Morgan fingerprint density at radius 2 is 1.20 bits per heavy atom. The van der Waals surface area contributed by atoms with E-state index in [0.29, 0.717) is 30.6 Å². The van der Waals surface area contributed by atoms with Gasteiger partial charge in [0.25, 0.3) is 0 Å². The normalized spacial score (nSPS) is 18.8. The SMILES string of the molecule is BrCC1CO1.FC(F)(F)c1ccc2c(c1)N(CC1CO1)c1ccccc1S2.FC(F)(F)c1ccc2c(c1)Nc1ccccc1S2. The Labute approximate surface area is 272 Å². The Bertz CT molecular complexity index is 1680. The van der Waals surface area contributed by atoms with Crippen molar-refractivity contribution in [2.75, 3.05) is 35.3 Å². The molecular formula is C32H25BrF6N2O2S2. The second-order valence-electron chi connectivity index (χ2n) is 10.4. The standard InChI is InChI=1S/C16H12F3NOS.C13H8F3NS.C3H5BrO/c17-16(18,19)10-5-6-15-13(7-10)20(8-11-9-21-11)12-3-1-2-4-14(12)22-15;14-13(15,16)8-5-6-12-10(7-8)17-9-3-1-2-4-11(9)18-12;4-1-3-2-5-3/h1-7,11H,8-9H2;1-7,17H;3H,1-2H2. The molecule has 0 saturated carbocycles. The van der Waals surface area contributed by atoms with E-state index < -0.39 is 23.5 Å². The summed E-state index contributed by atoms with van der Waals surface area (Å²) < 4.78 is 87.0. The monoisotopic (exact) mass is 726 g/mol. The van der Waals surface area contributed by atoms with E-state index >= 15 is 0 Å². The van der Waals surface area contributed by atoms with Gasteiger partial charge in [-0.2, -0.15) is 26.3 Å². The van der Waals surface area contributed by atoms with Gasteiger partial charge in [0.1, 0.15) is 0 Å². The molecule has 13 heteroatoms. The van der Waals surface area contributed by atoms with E-state index in [2.05, 4.69) is 21.2 Å². The van der Waals surface area contributed by atoms with Crippen LogP contribution in [0.1, 0.15) is 11.1 Å². The molecule has 2 atom stereocenters. The second-order valence-corrected chi connectivity index (χ2v) is 13.2. The van der Waals surface area contributed by atoms with Crippen LogP contribution >= 0.6 is 39.5 Å². The third-order valence-corrected chi connectivity index (χ3v) is 10.0. The van der Waals surface area contributed by atoms with Crippen molar-refractivity contribution in [1.29, 1.82) is 0 Å². The van der Waals surface area contributed by atoms with Gasteiger partial charge in [0.15, 0.2) is 0 Å². The van der Waals surface area contributed by atoms with E-state index in [9.17, 15) is 26.3 Å². The van der Waals surface area contributed by atoms with Crippen molar-refractivity contribution in [3.8, 4) is 0 Å². The summed E-state index contributed by atoms with van der Waals surface area (Å²) in [5.41, 5.74) is 1.65. The Morgan fingerprint density at radius 1 is 0.667 bits per heavy atom. The molecule has 2 saturated heterocycles. The summed E-state index contributed by atoms with van der Waals surface area (Å²) >= 11 is 6.23. The van der Waals surface area contributed by atoms with Crippen molar-refractivity contribution in [3.05, 3.63) is 96.1 Å². The molecule has 2 fully saturated rings. The number of nitrogens with one attached hydrogen (secondary N) is 1. The van der Waals surface area contributed by atoms with Gasteiger partial charge in [-0.25, -0.2) is 0 Å². The molecule has 4 aromatic rings. The number of para-hydroxylation sites is 2. The summed E-state index contributed by atoms with van der Waals surface area (Å²) in [6, 6.07) is 23.0. The third kappa shape index (κ3) is 7.94. The van der Waals surface area contributed by atoms with Crippen molar-refractivity contribution >= 4 is 62.2 Å². The summed E-state index contributed by atoms with van der Waals surface area (Å²) in [6.07, 6.45) is -8.00. The number of hydrogen-bond acceptors (Lipinski definition) is 6. The van der Waals surface area contributed by atoms with Crippen molar-refractivity contribution < 1.29 is 35.8 Å². The molecule has 1 N–H and O–H groups in total. The minimum Gasteiger partial charge on any atom is -0.372 e. The number of alkyl halides is 7. The molecule has 236 valence electrons. The van der Waals surface area contributed by atoms with Gasteiger partial charge < -0.3 is 19.7 Å². The molecule has 0 amide bonds. The van der Waals surface area contributed by atoms with Gasteiger partial charge in [0, 0.05) is 24.9 Å². The number of benzene rings is 4. The fourth-order valence-corrected chi connectivity index (χ4v) is 6.97. The van der Waals surface area contributed by atoms with E-state index in [1.165, 1.54) is 35.7 Å². The maximum absolute atomic E-state index is 13.0. The second kappa shape index (κ2) is 13.1. The first-order valence-electron chi connectivity index (χ1n) is 13.8. The smallest absolute Gasteiger partial charge is 0.372 e. The summed E-state index contributed by atoms with van der Waals surface area (Å²) in [5.74, 6) is 0. The fraction of sp³-hybridized carbons (Fsp3) is 0.250. The quantitative estimate of drug-likeness (QED) is 0.113. The van der Waals surface area contributed by atoms with Gasteiger partial charge >= 0.3 is 12.4 Å². The number of ether oxygens (including phenoxy) is 2. The van der Waals surface area contributed by atoms with Crippen LogP contribution in [0.15, 0.2) is 105 Å². The summed E-state index contributed by atoms with van der Waals surface area (Å²) in [6.45, 7) is 2.21. The first-order valence-corrected chi connectivity index (χ1v) is 16.5. The zero-order valence-corrected chi connectivity index (χ0v) is 26.5. The molecule has 0 radical (unpaired) electrons. The molecule has 2 unspecified atom stereocenters. The van der Waals surface area contributed by atoms with Crippen LogP contribution in [0.4, 0.5) is 49.1 Å². The van der Waals surface area contributed by atoms with Crippen LogP contribution in [0, 0.1) is 0 Å². The van der Waals surface area contributed by atoms with E-state index in [1.807, 2.05) is 53.4 Å². The van der Waals surface area contributed by atoms with Gasteiger partial charge in [-0.05, 0) is 60.7 Å². The first-order chi connectivity index (χ1) is 21.5. The largest absolute Gasteiger partial charge is 0.416 e. The van der Waals surface area contributed by atoms with Gasteiger partial charge in [-0.1, -0.05) is 63.7 Å². The molecule has 8 rings (SSSR count). The van der Waals surface area contributed by atoms with Crippen LogP contribution in [0.3, 0.4) is 0 Å². The lowest BCUT2D eigenvalue weighted by Gasteiger charge is -2.32. The highest BCUT2D eigenvalue weighted by Crippen LogP contribution is 2.50. The molecule has 4 aliphatic rings. The van der Waals surface area contributed by atoms with Crippen LogP contribution in [0.2, 0.25) is 0 Å². The van der Waals surface area contributed by atoms with Crippen LogP contribution in [0.25, 0.3) is 0 Å². The first kappa shape index (κ1) is 32.1. The molecule has 0 aliphatic carbocycles. The third-order valence-electron chi connectivity index (χ3n) is 7.00. The molecule has 0 spiro atoms. The number of halogens is 7. The van der Waals surface area contributed by atoms with Crippen molar-refractivity contribution in [1.82, 2.24) is 0 Å². The lowest BCUT2D eigenvalue weighted by atomic mass is 10.1. The fourth-order valence-electron chi connectivity index (χ4n) is 4.55. The highest BCUT2D eigenvalue weighted by Gasteiger charge is 2.35. The number of epoxide rings is 2. The van der Waals surface area contributed by atoms with E-state index in [1.54, 1.807) is 6.07 Å². The molecular weight excluding hydrogens is 702 g/mol. The number of anilines is 4. The van der Waals surface area contributed by atoms with Gasteiger partial charge in [0.05, 0.1) is 65.8 Å². The molecule has 4 heterocycles. The average Bonchev–Trinajstić information content (AvgIpc) is 3.95. The van der Waals surface area contributed by atoms with Crippen LogP contribution in [-0.4, -0.2) is 37.3 Å². The number of hydrogen-bond donors (Lipinski definition) is 1. The topological polar surface area (TPSA) is 40.3 Å². The Balaban J connectivity index is 0.000000139. The van der Waals surface area contributed by atoms with E-state index in [4.69, 9.17) is 9.47 Å². The molecule has 4 nitrogen and oxygen atoms in total. The number of fused-ring (bicyclic) bond motifs is 4. The average molecular weight is 728 g/mol. The Kier molecular flexibility index (Phi) is 9.36. The highest BCUT2D eigenvalue weighted by atomic mass is 79.9. The Morgan fingerprint density at radius 3 is 1.82 bits per heavy atom. The van der Waals surface area contributed by atoms with Gasteiger partial charge in [-0.15, -0.1) is 0 Å². The molecule has 45 heavy (non-hydrogen) atoms. The number of rotatable bonds is 3. The summed E-state index contributed by atoms with van der Waals surface area (Å²) in [5, 5.41) is 4.04. The van der Waals surface area contributed by atoms with Crippen LogP contribution in [0.5, 0.6) is 0 Å². The summed E-state index contributed by atoms with van der Waals surface area (Å²) in [7, 11) is 0. The van der Waals surface area contributed by atoms with Gasteiger partial charge in [-0.3, -0.25) is 0 Å². The van der Waals surface area contributed by atoms with Crippen molar-refractivity contribution in [2.45, 2.75) is 44.1 Å². The number of nitrogens with zero attached hydrogens (tertiary/aromatic N) is 1. The predicted octanol–water partition coefficient (Wildman–Crippen LogP) is 10.4. The minimum atomic E-state index is -4.33. The molecule has 0 bridgehead atoms. The maximum atomic E-state index is 13.0. The molecule has 0 aromatic heterocycles. The van der Waals surface area contributed by atoms with E-state index in [0.717, 1.165) is 61.1 Å². The highest BCUT2D eigenvalue weighted by molar-refractivity contribution is 9.09. The molecule has 4 aromatic carbocycles. The van der Waals surface area contributed by atoms with Crippen molar-refractivity contribution in [3.63, 3.8) is 0 Å². The lowest BCUT2D eigenvalue weighted by molar-refractivity contribution is -0.138. The van der Waals surface area contributed by atoms with Gasteiger partial charge in [0.2, 0.25) is 0 Å². The van der Waals surface area contributed by atoms with Crippen LogP contribution in [-0.2, 0) is 21.8 Å². The maximum Gasteiger partial charge on any atom is 0.416 e. The summed E-state index contributed by atoms with van der Waals surface area (Å²) in [4.78, 5) is 5.66. The predicted molar refractivity (Wildman–Crippen MR) is 168 cm³/mol. The van der Waals surface area contributed by atoms with E-state index in [-0.39, 0.29) is 6.10 Å². The van der Waals surface area contributed by atoms with Crippen molar-refractivity contribution in [2.24, 2.45) is 0 Å². The Hall–Kier alpha value is -2.84.